The van der Waals surface area contributed by atoms with Crippen LogP contribution < -0.4 is 10.2 Å². The van der Waals surface area contributed by atoms with Crippen LogP contribution in [0.5, 0.6) is 0 Å². The van der Waals surface area contributed by atoms with Crippen LogP contribution in [0.25, 0.3) is 22.4 Å². The van der Waals surface area contributed by atoms with Crippen LogP contribution in [0, 0.1) is 0 Å². The molecule has 0 radical (unpaired) electrons. The molecule has 1 aliphatic rings. The number of benzene rings is 1. The van der Waals surface area contributed by atoms with Crippen LogP contribution in [0.1, 0.15) is 19.8 Å². The van der Waals surface area contributed by atoms with E-state index in [1.54, 1.807) is 12.3 Å². The van der Waals surface area contributed by atoms with E-state index < -0.39 is 11.6 Å². The zero-order valence-corrected chi connectivity index (χ0v) is 16.5. The zero-order valence-electron chi connectivity index (χ0n) is 15.0. The van der Waals surface area contributed by atoms with Crippen molar-refractivity contribution >= 4 is 46.3 Å². The molecule has 1 saturated heterocycles. The van der Waals surface area contributed by atoms with Gasteiger partial charge in [0.25, 0.3) is 0 Å². The third-order valence-electron chi connectivity index (χ3n) is 5.06. The van der Waals surface area contributed by atoms with Crippen molar-refractivity contribution in [2.75, 3.05) is 18.0 Å². The molecule has 3 N–H and O–H groups in total. The van der Waals surface area contributed by atoms with Crippen molar-refractivity contribution in [2.45, 2.75) is 25.3 Å². The fourth-order valence-electron chi connectivity index (χ4n) is 3.43. The summed E-state index contributed by atoms with van der Waals surface area (Å²) in [7, 11) is 0. The topological polar surface area (TPSA) is 107 Å². The largest absolute Gasteiger partial charge is 0.465 e. The molecular weight excluding hydrogens is 403 g/mol. The molecule has 3 aromatic rings. The third-order valence-corrected chi connectivity index (χ3v) is 5.88. The Hall–Kier alpha value is -2.58. The van der Waals surface area contributed by atoms with Gasteiger partial charge in [-0.05, 0) is 25.8 Å². The lowest BCUT2D eigenvalue weighted by atomic mass is 9.90. The summed E-state index contributed by atoms with van der Waals surface area (Å²) < 4.78 is 0. The average Bonchev–Trinajstić information content (AvgIpc) is 3.07. The number of hydrogen-bond acceptors (Lipinski definition) is 5. The Balaban J connectivity index is 1.59. The molecule has 0 atom stereocenters. The molecular formula is C18H18Cl2N6O2. The Morgan fingerprint density at radius 3 is 2.79 bits per heavy atom. The van der Waals surface area contributed by atoms with Gasteiger partial charge in [0, 0.05) is 24.2 Å². The first-order chi connectivity index (χ1) is 13.4. The minimum Gasteiger partial charge on any atom is -0.465 e. The number of aromatic nitrogens is 4. The smallest absolute Gasteiger partial charge is 0.405 e. The zero-order chi connectivity index (χ0) is 19.9. The van der Waals surface area contributed by atoms with Crippen molar-refractivity contribution in [3.8, 4) is 11.3 Å². The first-order valence-corrected chi connectivity index (χ1v) is 9.53. The predicted molar refractivity (Wildman–Crippen MR) is 108 cm³/mol. The monoisotopic (exact) mass is 420 g/mol. The number of hydrogen-bond donors (Lipinski definition) is 3. The average molecular weight is 421 g/mol. The Bertz CT molecular complexity index is 1050. The molecule has 146 valence electrons. The number of piperidine rings is 1. The molecule has 1 aromatic carbocycles. The van der Waals surface area contributed by atoms with Gasteiger partial charge in [-0.2, -0.15) is 5.10 Å². The number of anilines is 1. The van der Waals surface area contributed by atoms with Crippen LogP contribution in [0.15, 0.2) is 24.4 Å². The highest BCUT2D eigenvalue weighted by Crippen LogP contribution is 2.35. The first kappa shape index (κ1) is 18.8. The summed E-state index contributed by atoms with van der Waals surface area (Å²) >= 11 is 12.4. The Morgan fingerprint density at radius 1 is 1.32 bits per heavy atom. The molecule has 4 rings (SSSR count). The normalized spacial score (nSPS) is 16.3. The lowest BCUT2D eigenvalue weighted by molar-refractivity contribution is 0.173. The molecule has 3 heterocycles. The number of carboxylic acid groups (broad SMARTS) is 1. The minimum absolute atomic E-state index is 0.421. The van der Waals surface area contributed by atoms with Crippen molar-refractivity contribution in [1.82, 2.24) is 25.5 Å². The molecule has 0 spiro atoms. The van der Waals surface area contributed by atoms with Gasteiger partial charge in [-0.15, -0.1) is 0 Å². The second-order valence-corrected chi connectivity index (χ2v) is 7.86. The van der Waals surface area contributed by atoms with Crippen LogP contribution in [0.2, 0.25) is 10.0 Å². The second kappa shape index (κ2) is 7.10. The lowest BCUT2D eigenvalue weighted by Gasteiger charge is -2.39. The van der Waals surface area contributed by atoms with E-state index in [-0.39, 0.29) is 0 Å². The van der Waals surface area contributed by atoms with Crippen LogP contribution in [0.3, 0.4) is 0 Å². The molecule has 28 heavy (non-hydrogen) atoms. The molecule has 1 amide bonds. The van der Waals surface area contributed by atoms with E-state index in [0.29, 0.717) is 58.4 Å². The Labute approximate surface area is 170 Å². The van der Waals surface area contributed by atoms with Gasteiger partial charge < -0.3 is 15.3 Å². The summed E-state index contributed by atoms with van der Waals surface area (Å²) in [5.74, 6) is 0.720. The number of nitrogens with zero attached hydrogens (tertiary/aromatic N) is 4. The van der Waals surface area contributed by atoms with Crippen LogP contribution in [-0.4, -0.2) is 50.0 Å². The summed E-state index contributed by atoms with van der Waals surface area (Å²) in [5.41, 5.74) is 2.03. The van der Waals surface area contributed by atoms with E-state index in [2.05, 4.69) is 30.4 Å². The summed E-state index contributed by atoms with van der Waals surface area (Å²) in [5, 5.41) is 19.7. The van der Waals surface area contributed by atoms with Gasteiger partial charge in [-0.3, -0.25) is 5.10 Å². The molecule has 8 nitrogen and oxygen atoms in total. The third kappa shape index (κ3) is 3.45. The van der Waals surface area contributed by atoms with Gasteiger partial charge >= 0.3 is 6.09 Å². The highest BCUT2D eigenvalue weighted by Gasteiger charge is 2.32. The molecule has 10 heteroatoms. The lowest BCUT2D eigenvalue weighted by Crippen LogP contribution is -2.53. The second-order valence-electron chi connectivity index (χ2n) is 7.08. The number of nitrogens with one attached hydrogen (secondary N) is 2. The van der Waals surface area contributed by atoms with Gasteiger partial charge in [-0.25, -0.2) is 14.8 Å². The van der Waals surface area contributed by atoms with Crippen LogP contribution in [0.4, 0.5) is 10.6 Å². The summed E-state index contributed by atoms with van der Waals surface area (Å²) in [6.07, 6.45) is 2.07. The van der Waals surface area contributed by atoms with Crippen LogP contribution >= 0.6 is 23.2 Å². The number of halogens is 2. The van der Waals surface area contributed by atoms with Crippen molar-refractivity contribution in [2.24, 2.45) is 0 Å². The van der Waals surface area contributed by atoms with E-state index in [0.717, 1.165) is 5.82 Å². The van der Waals surface area contributed by atoms with Gasteiger partial charge in [-0.1, -0.05) is 35.3 Å². The molecule has 0 unspecified atom stereocenters. The number of amides is 1. The standard InChI is InChI=1S/C18H18Cl2N6O2/c1-18(23-17(27)28)5-7-26(8-6-18)12-9-21-15-14(24-25-16(15)22-12)10-3-2-4-11(19)13(10)20/h2-4,9,23H,5-8H2,1H3,(H,27,28)(H,22,24,25). The summed E-state index contributed by atoms with van der Waals surface area (Å²) in [6, 6.07) is 5.36. The number of carbonyl (C=O) groups is 1. The summed E-state index contributed by atoms with van der Waals surface area (Å²) in [6.45, 7) is 3.28. The van der Waals surface area contributed by atoms with Crippen molar-refractivity contribution in [3.63, 3.8) is 0 Å². The fourth-order valence-corrected chi connectivity index (χ4v) is 3.82. The van der Waals surface area contributed by atoms with Crippen molar-refractivity contribution < 1.29 is 9.90 Å². The van der Waals surface area contributed by atoms with E-state index in [1.165, 1.54) is 0 Å². The molecule has 1 aliphatic heterocycles. The number of aromatic amines is 1. The summed E-state index contributed by atoms with van der Waals surface area (Å²) in [4.78, 5) is 22.2. The van der Waals surface area contributed by atoms with Crippen molar-refractivity contribution in [3.05, 3.63) is 34.4 Å². The molecule has 0 bridgehead atoms. The number of rotatable bonds is 3. The maximum atomic E-state index is 11.0. The van der Waals surface area contributed by atoms with Crippen LogP contribution in [-0.2, 0) is 0 Å². The van der Waals surface area contributed by atoms with Crippen molar-refractivity contribution in [1.29, 1.82) is 0 Å². The SMILES string of the molecule is CC1(NC(=O)O)CCN(c2cnc3c(-c4cccc(Cl)c4Cl)n[nH]c3n2)CC1. The number of H-pyrrole nitrogens is 1. The maximum absolute atomic E-state index is 11.0. The van der Waals surface area contributed by atoms with Gasteiger partial charge in [0.05, 0.1) is 16.2 Å². The van der Waals surface area contributed by atoms with E-state index >= 15 is 0 Å². The van der Waals surface area contributed by atoms with Gasteiger partial charge in [0.2, 0.25) is 0 Å². The molecule has 1 fully saturated rings. The fraction of sp³-hybridized carbons (Fsp3) is 0.333. The Morgan fingerprint density at radius 2 is 2.07 bits per heavy atom. The molecule has 0 aliphatic carbocycles. The van der Waals surface area contributed by atoms with Gasteiger partial charge in [0.1, 0.15) is 17.0 Å². The quantitative estimate of drug-likeness (QED) is 0.591. The van der Waals surface area contributed by atoms with E-state index in [1.807, 2.05) is 19.1 Å². The first-order valence-electron chi connectivity index (χ1n) is 8.78. The highest BCUT2D eigenvalue weighted by atomic mass is 35.5. The predicted octanol–water partition coefficient (Wildman–Crippen LogP) is 3.95. The Kier molecular flexibility index (Phi) is 4.76. The van der Waals surface area contributed by atoms with Gasteiger partial charge in [0.15, 0.2) is 5.65 Å². The minimum atomic E-state index is -0.998. The molecule has 2 aromatic heterocycles. The number of fused-ring (bicyclic) bond motifs is 1. The van der Waals surface area contributed by atoms with E-state index in [4.69, 9.17) is 28.3 Å². The maximum Gasteiger partial charge on any atom is 0.405 e. The molecule has 0 saturated carbocycles. The highest BCUT2D eigenvalue weighted by molar-refractivity contribution is 6.43. The van der Waals surface area contributed by atoms with E-state index in [9.17, 15) is 4.79 Å².